The number of urea groups is 1. The van der Waals surface area contributed by atoms with Crippen LogP contribution >= 0.6 is 0 Å². The van der Waals surface area contributed by atoms with Crippen molar-refractivity contribution in [3.8, 4) is 0 Å². The summed E-state index contributed by atoms with van der Waals surface area (Å²) in [6.07, 6.45) is 2.33. The van der Waals surface area contributed by atoms with Gasteiger partial charge in [-0.1, -0.05) is 48.5 Å². The second-order valence-corrected chi connectivity index (χ2v) is 9.70. The molecule has 0 unspecified atom stereocenters. The van der Waals surface area contributed by atoms with Crippen molar-refractivity contribution in [3.63, 3.8) is 0 Å². The highest BCUT2D eigenvalue weighted by atomic mass is 16.5. The quantitative estimate of drug-likeness (QED) is 0.409. The van der Waals surface area contributed by atoms with Gasteiger partial charge in [-0.3, -0.25) is 9.69 Å². The lowest BCUT2D eigenvalue weighted by atomic mass is 10.1. The van der Waals surface area contributed by atoms with E-state index in [2.05, 4.69) is 22.3 Å². The highest BCUT2D eigenvalue weighted by Gasteiger charge is 2.24. The molecule has 0 radical (unpaired) electrons. The average Bonchev–Trinajstić information content (AvgIpc) is 3.45. The number of morpholine rings is 1. The van der Waals surface area contributed by atoms with Crippen LogP contribution in [0.5, 0.6) is 0 Å². The van der Waals surface area contributed by atoms with Gasteiger partial charge in [0.15, 0.2) is 0 Å². The van der Waals surface area contributed by atoms with Crippen molar-refractivity contribution >= 4 is 17.6 Å². The first kappa shape index (κ1) is 27.4. The molecule has 0 bridgehead atoms. The second-order valence-electron chi connectivity index (χ2n) is 9.70. The van der Waals surface area contributed by atoms with Crippen LogP contribution in [0.4, 0.5) is 10.5 Å². The van der Waals surface area contributed by atoms with Crippen LogP contribution in [0.3, 0.4) is 0 Å². The Labute approximate surface area is 225 Å². The fourth-order valence-electron chi connectivity index (χ4n) is 4.59. The maximum Gasteiger partial charge on any atom is 0.322 e. The van der Waals surface area contributed by atoms with E-state index in [0.717, 1.165) is 41.9 Å². The zero-order valence-electron chi connectivity index (χ0n) is 22.4. The fourth-order valence-corrected chi connectivity index (χ4v) is 4.59. The number of rotatable bonds is 11. The highest BCUT2D eigenvalue weighted by molar-refractivity contribution is 5.93. The predicted octanol–water partition coefficient (Wildman–Crippen LogP) is 4.33. The lowest BCUT2D eigenvalue weighted by Crippen LogP contribution is -2.48. The third-order valence-electron chi connectivity index (χ3n) is 6.91. The predicted molar refractivity (Wildman–Crippen MR) is 148 cm³/mol. The number of ether oxygens (including phenoxy) is 1. The van der Waals surface area contributed by atoms with E-state index >= 15 is 0 Å². The number of carbonyl (C=O) groups is 2. The number of nitrogens with zero attached hydrogens (tertiary/aromatic N) is 3. The summed E-state index contributed by atoms with van der Waals surface area (Å²) in [5.74, 6) is 0.599. The van der Waals surface area contributed by atoms with E-state index in [1.165, 1.54) is 0 Å². The Kier molecular flexibility index (Phi) is 9.95. The molecule has 0 saturated carbocycles. The summed E-state index contributed by atoms with van der Waals surface area (Å²) in [5, 5.41) is 3.07. The van der Waals surface area contributed by atoms with E-state index < -0.39 is 0 Å². The third-order valence-corrected chi connectivity index (χ3v) is 6.91. The Morgan fingerprint density at radius 3 is 2.32 bits per heavy atom. The van der Waals surface area contributed by atoms with Crippen LogP contribution in [0.15, 0.2) is 71.3 Å². The number of furan rings is 1. The van der Waals surface area contributed by atoms with Gasteiger partial charge in [-0.25, -0.2) is 4.79 Å². The maximum absolute atomic E-state index is 13.7. The highest BCUT2D eigenvalue weighted by Crippen LogP contribution is 2.20. The van der Waals surface area contributed by atoms with Crippen molar-refractivity contribution in [2.75, 3.05) is 57.8 Å². The number of amides is 3. The number of hydrogen-bond donors (Lipinski definition) is 1. The SMILES string of the molecule is Cc1cccc(C)c1NC(=O)N(CCN1CCOCC1)CC(=O)N(CCc1ccccc1)Cc1ccco1. The normalized spacial score (nSPS) is 13.7. The van der Waals surface area contributed by atoms with Crippen LogP contribution in [-0.4, -0.2) is 79.1 Å². The van der Waals surface area contributed by atoms with Crippen molar-refractivity contribution < 1.29 is 18.7 Å². The first-order chi connectivity index (χ1) is 18.5. The van der Waals surface area contributed by atoms with E-state index in [0.29, 0.717) is 45.2 Å². The molecule has 1 aliphatic heterocycles. The van der Waals surface area contributed by atoms with Crippen LogP contribution in [0, 0.1) is 13.8 Å². The van der Waals surface area contributed by atoms with Gasteiger partial charge in [-0.05, 0) is 49.1 Å². The molecule has 2 aromatic carbocycles. The Morgan fingerprint density at radius 1 is 0.895 bits per heavy atom. The van der Waals surface area contributed by atoms with Crippen LogP contribution < -0.4 is 5.32 Å². The molecule has 8 nitrogen and oxygen atoms in total. The first-order valence-corrected chi connectivity index (χ1v) is 13.3. The number of anilines is 1. The van der Waals surface area contributed by atoms with Crippen molar-refractivity contribution in [3.05, 3.63) is 89.4 Å². The van der Waals surface area contributed by atoms with Crippen LogP contribution in [0.1, 0.15) is 22.5 Å². The fraction of sp³-hybridized carbons (Fsp3) is 0.400. The first-order valence-electron chi connectivity index (χ1n) is 13.3. The van der Waals surface area contributed by atoms with Crippen LogP contribution in [-0.2, 0) is 22.5 Å². The van der Waals surface area contributed by atoms with Gasteiger partial charge in [0.1, 0.15) is 12.3 Å². The van der Waals surface area contributed by atoms with Crippen molar-refractivity contribution in [1.82, 2.24) is 14.7 Å². The van der Waals surface area contributed by atoms with E-state index in [1.54, 1.807) is 16.1 Å². The van der Waals surface area contributed by atoms with Gasteiger partial charge in [0.2, 0.25) is 5.91 Å². The molecular weight excluding hydrogens is 480 g/mol. The van der Waals surface area contributed by atoms with E-state index in [-0.39, 0.29) is 18.5 Å². The minimum Gasteiger partial charge on any atom is -0.467 e. The van der Waals surface area contributed by atoms with Gasteiger partial charge in [0, 0.05) is 38.4 Å². The Bertz CT molecular complexity index is 1140. The Hall–Kier alpha value is -3.62. The molecule has 2 heterocycles. The summed E-state index contributed by atoms with van der Waals surface area (Å²) < 4.78 is 11.0. The third kappa shape index (κ3) is 7.94. The molecule has 0 atom stereocenters. The monoisotopic (exact) mass is 518 g/mol. The van der Waals surface area contributed by atoms with E-state index in [1.807, 2.05) is 62.4 Å². The molecule has 3 amide bonds. The zero-order chi connectivity index (χ0) is 26.7. The van der Waals surface area contributed by atoms with Gasteiger partial charge >= 0.3 is 6.03 Å². The number of aryl methyl sites for hydroxylation is 2. The number of carbonyl (C=O) groups excluding carboxylic acids is 2. The lowest BCUT2D eigenvalue weighted by Gasteiger charge is -2.31. The number of para-hydroxylation sites is 1. The maximum atomic E-state index is 13.7. The zero-order valence-corrected chi connectivity index (χ0v) is 22.4. The topological polar surface area (TPSA) is 78.3 Å². The standard InChI is InChI=1S/C30H38N4O4/c1-24-8-6-9-25(2)29(24)31-30(36)34(16-15-32-17-20-37-21-18-32)23-28(35)33(22-27-12-7-19-38-27)14-13-26-10-4-3-5-11-26/h3-12,19H,13-18,20-23H2,1-2H3,(H,31,36). The van der Waals surface area contributed by atoms with Crippen molar-refractivity contribution in [1.29, 1.82) is 0 Å². The smallest absolute Gasteiger partial charge is 0.322 e. The molecule has 0 aliphatic carbocycles. The van der Waals surface area contributed by atoms with Gasteiger partial charge in [-0.15, -0.1) is 0 Å². The molecule has 0 spiro atoms. The molecule has 3 aromatic rings. The summed E-state index contributed by atoms with van der Waals surface area (Å²) in [6, 6.07) is 19.4. The van der Waals surface area contributed by atoms with Crippen molar-refractivity contribution in [2.24, 2.45) is 0 Å². The summed E-state index contributed by atoms with van der Waals surface area (Å²) in [7, 11) is 0. The summed E-state index contributed by atoms with van der Waals surface area (Å²) in [6.45, 7) is 8.94. The van der Waals surface area contributed by atoms with Gasteiger partial charge in [0.05, 0.1) is 26.0 Å². The average molecular weight is 519 g/mol. The largest absolute Gasteiger partial charge is 0.467 e. The molecule has 1 aromatic heterocycles. The Balaban J connectivity index is 1.48. The minimum atomic E-state index is -0.273. The number of nitrogens with one attached hydrogen (secondary N) is 1. The minimum absolute atomic E-state index is 0.0173. The van der Waals surface area contributed by atoms with E-state index in [9.17, 15) is 9.59 Å². The van der Waals surface area contributed by atoms with Gasteiger partial charge in [-0.2, -0.15) is 0 Å². The molecule has 1 N–H and O–H groups in total. The summed E-state index contributed by atoms with van der Waals surface area (Å²) >= 11 is 0. The van der Waals surface area contributed by atoms with E-state index in [4.69, 9.17) is 9.15 Å². The molecule has 38 heavy (non-hydrogen) atoms. The molecule has 8 heteroatoms. The molecule has 1 fully saturated rings. The molecular formula is C30H38N4O4. The number of benzene rings is 2. The summed E-state index contributed by atoms with van der Waals surface area (Å²) in [4.78, 5) is 32.9. The summed E-state index contributed by atoms with van der Waals surface area (Å²) in [5.41, 5.74) is 3.92. The van der Waals surface area contributed by atoms with Gasteiger partial charge in [0.25, 0.3) is 0 Å². The van der Waals surface area contributed by atoms with Crippen LogP contribution in [0.2, 0.25) is 0 Å². The molecule has 1 saturated heterocycles. The molecule has 1 aliphatic rings. The van der Waals surface area contributed by atoms with Gasteiger partial charge < -0.3 is 24.3 Å². The molecule has 202 valence electrons. The van der Waals surface area contributed by atoms with Crippen molar-refractivity contribution in [2.45, 2.75) is 26.8 Å². The molecule has 4 rings (SSSR count). The Morgan fingerprint density at radius 2 is 1.63 bits per heavy atom. The lowest BCUT2D eigenvalue weighted by molar-refractivity contribution is -0.132. The number of hydrogen-bond acceptors (Lipinski definition) is 5. The second kappa shape index (κ2) is 13.8. The van der Waals surface area contributed by atoms with Crippen LogP contribution in [0.25, 0.3) is 0 Å².